The fourth-order valence-corrected chi connectivity index (χ4v) is 2.16. The number of aromatic nitrogens is 3. The summed E-state index contributed by atoms with van der Waals surface area (Å²) in [6, 6.07) is 9.13. The Balaban J connectivity index is 0.000000298. The highest BCUT2D eigenvalue weighted by atomic mass is 79.9. The minimum Gasteiger partial charge on any atom is -0.475 e. The number of pyridine rings is 1. The second kappa shape index (κ2) is 8.28. The highest BCUT2D eigenvalue weighted by Crippen LogP contribution is 2.31. The Morgan fingerprint density at radius 1 is 1.19 bits per heavy atom. The molecule has 1 aromatic carbocycles. The van der Waals surface area contributed by atoms with Gasteiger partial charge in [-0.2, -0.15) is 13.2 Å². The number of carbonyl (C=O) groups is 1. The maximum absolute atomic E-state index is 10.6. The Bertz CT molecular complexity index is 904. The van der Waals surface area contributed by atoms with Gasteiger partial charge in [-0.1, -0.05) is 27.5 Å². The molecule has 3 aromatic rings. The number of benzene rings is 1. The van der Waals surface area contributed by atoms with Gasteiger partial charge in [0.25, 0.3) is 0 Å². The number of aliphatic carboxylic acids is 1. The van der Waals surface area contributed by atoms with Gasteiger partial charge in [0.15, 0.2) is 0 Å². The van der Waals surface area contributed by atoms with E-state index < -0.39 is 12.1 Å². The van der Waals surface area contributed by atoms with Gasteiger partial charge in [0.2, 0.25) is 11.8 Å². The number of rotatable bonds is 2. The summed E-state index contributed by atoms with van der Waals surface area (Å²) in [4.78, 5) is 12.9. The first-order chi connectivity index (χ1) is 12.2. The van der Waals surface area contributed by atoms with E-state index in [0.29, 0.717) is 22.4 Å². The van der Waals surface area contributed by atoms with Crippen LogP contribution in [0.1, 0.15) is 0 Å². The second-order valence-electron chi connectivity index (χ2n) is 4.58. The molecule has 0 aliphatic carbocycles. The van der Waals surface area contributed by atoms with Crippen LogP contribution < -0.4 is 0 Å². The van der Waals surface area contributed by atoms with Crippen molar-refractivity contribution in [3.05, 3.63) is 52.2 Å². The van der Waals surface area contributed by atoms with Gasteiger partial charge >= 0.3 is 12.1 Å². The van der Waals surface area contributed by atoms with Crippen molar-refractivity contribution in [3.63, 3.8) is 0 Å². The Labute approximate surface area is 157 Å². The van der Waals surface area contributed by atoms with Gasteiger partial charge in [-0.25, -0.2) is 4.79 Å². The molecule has 0 aliphatic rings. The summed E-state index contributed by atoms with van der Waals surface area (Å²) < 4.78 is 38.3. The molecule has 0 radical (unpaired) electrons. The van der Waals surface area contributed by atoms with E-state index in [1.165, 1.54) is 0 Å². The van der Waals surface area contributed by atoms with Crippen LogP contribution in [0.3, 0.4) is 0 Å². The van der Waals surface area contributed by atoms with Crippen LogP contribution in [0.2, 0.25) is 5.02 Å². The van der Waals surface area contributed by atoms with Crippen LogP contribution in [0.25, 0.3) is 22.9 Å². The predicted molar refractivity (Wildman–Crippen MR) is 89.4 cm³/mol. The Kier molecular flexibility index (Phi) is 6.32. The van der Waals surface area contributed by atoms with Crippen LogP contribution in [0.4, 0.5) is 13.2 Å². The molecule has 1 N–H and O–H groups in total. The molecule has 2 aromatic heterocycles. The zero-order valence-corrected chi connectivity index (χ0v) is 14.9. The van der Waals surface area contributed by atoms with Gasteiger partial charge in [0.1, 0.15) is 0 Å². The summed E-state index contributed by atoms with van der Waals surface area (Å²) in [7, 11) is 0. The van der Waals surface area contributed by atoms with Crippen molar-refractivity contribution < 1.29 is 27.5 Å². The monoisotopic (exact) mass is 449 g/mol. The molecule has 26 heavy (non-hydrogen) atoms. The number of hydrogen-bond donors (Lipinski definition) is 1. The van der Waals surface area contributed by atoms with Crippen molar-refractivity contribution in [1.82, 2.24) is 15.2 Å². The van der Waals surface area contributed by atoms with E-state index in [-0.39, 0.29) is 0 Å². The third-order valence-electron chi connectivity index (χ3n) is 2.73. The summed E-state index contributed by atoms with van der Waals surface area (Å²) in [5.74, 6) is -1.96. The second-order valence-corrected chi connectivity index (χ2v) is 5.90. The molecule has 2 heterocycles. The molecule has 0 saturated heterocycles. The van der Waals surface area contributed by atoms with Crippen molar-refractivity contribution >= 4 is 33.5 Å². The molecule has 0 fully saturated rings. The van der Waals surface area contributed by atoms with Gasteiger partial charge in [-0.3, -0.25) is 4.98 Å². The van der Waals surface area contributed by atoms with Crippen LogP contribution in [0.15, 0.2) is 51.6 Å². The van der Waals surface area contributed by atoms with Crippen LogP contribution in [0, 0.1) is 0 Å². The van der Waals surface area contributed by atoms with Crippen molar-refractivity contribution in [2.24, 2.45) is 0 Å². The number of halogens is 5. The smallest absolute Gasteiger partial charge is 0.475 e. The zero-order valence-electron chi connectivity index (χ0n) is 12.5. The molecule has 136 valence electrons. The van der Waals surface area contributed by atoms with Crippen molar-refractivity contribution in [2.45, 2.75) is 6.18 Å². The van der Waals surface area contributed by atoms with Gasteiger partial charge in [-0.15, -0.1) is 10.2 Å². The molecule has 0 bridgehead atoms. The molecule has 6 nitrogen and oxygen atoms in total. The maximum Gasteiger partial charge on any atom is 0.490 e. The van der Waals surface area contributed by atoms with Crippen molar-refractivity contribution in [1.29, 1.82) is 0 Å². The molecule has 0 aliphatic heterocycles. The number of nitrogens with zero attached hydrogens (tertiary/aromatic N) is 3. The minimum absolute atomic E-state index is 0.380. The first kappa shape index (κ1) is 19.9. The Hall–Kier alpha value is -2.46. The van der Waals surface area contributed by atoms with E-state index in [4.69, 9.17) is 25.9 Å². The minimum atomic E-state index is -5.08. The van der Waals surface area contributed by atoms with E-state index in [1.807, 2.05) is 24.3 Å². The van der Waals surface area contributed by atoms with Crippen LogP contribution in [-0.4, -0.2) is 32.4 Å². The summed E-state index contributed by atoms with van der Waals surface area (Å²) in [6.45, 7) is 0. The number of carboxylic acid groups (broad SMARTS) is 1. The lowest BCUT2D eigenvalue weighted by atomic mass is 10.2. The van der Waals surface area contributed by atoms with Gasteiger partial charge in [0, 0.05) is 16.9 Å². The summed E-state index contributed by atoms with van der Waals surface area (Å²) in [6.07, 6.45) is -1.73. The fourth-order valence-electron chi connectivity index (χ4n) is 1.60. The molecule has 0 saturated carbocycles. The van der Waals surface area contributed by atoms with E-state index in [9.17, 15) is 13.2 Å². The molecule has 0 unspecified atom stereocenters. The quantitative estimate of drug-likeness (QED) is 0.600. The Morgan fingerprint density at radius 3 is 2.42 bits per heavy atom. The maximum atomic E-state index is 10.6. The lowest BCUT2D eigenvalue weighted by molar-refractivity contribution is -0.192. The largest absolute Gasteiger partial charge is 0.490 e. The highest BCUT2D eigenvalue weighted by molar-refractivity contribution is 9.10. The fraction of sp³-hybridized carbons (Fsp3) is 0.0667. The zero-order chi connectivity index (χ0) is 19.3. The molecule has 0 spiro atoms. The van der Waals surface area contributed by atoms with Crippen LogP contribution >= 0.6 is 27.5 Å². The lowest BCUT2D eigenvalue weighted by Crippen LogP contribution is -2.21. The van der Waals surface area contributed by atoms with E-state index in [1.54, 1.807) is 18.5 Å². The average Bonchev–Trinajstić information content (AvgIpc) is 3.07. The summed E-state index contributed by atoms with van der Waals surface area (Å²) in [5.41, 5.74) is 1.46. The van der Waals surface area contributed by atoms with Gasteiger partial charge in [-0.05, 0) is 30.3 Å². The van der Waals surface area contributed by atoms with E-state index >= 15 is 0 Å². The molecular formula is C15H8BrClF3N3O3. The highest BCUT2D eigenvalue weighted by Gasteiger charge is 2.38. The summed E-state index contributed by atoms with van der Waals surface area (Å²) in [5, 5.41) is 15.7. The van der Waals surface area contributed by atoms with Crippen LogP contribution in [0.5, 0.6) is 0 Å². The normalized spacial score (nSPS) is 10.8. The molecule has 0 amide bonds. The van der Waals surface area contributed by atoms with Gasteiger partial charge < -0.3 is 9.52 Å². The van der Waals surface area contributed by atoms with Gasteiger partial charge in [0.05, 0.1) is 16.1 Å². The van der Waals surface area contributed by atoms with E-state index in [2.05, 4.69) is 31.1 Å². The molecular weight excluding hydrogens is 443 g/mol. The molecule has 0 atom stereocenters. The third-order valence-corrected chi connectivity index (χ3v) is 3.56. The number of alkyl halides is 3. The SMILES string of the molecule is Clc1ccc(Br)cc1-c1nnc(-c2cccnc2)o1.O=C(O)C(F)(F)F. The van der Waals surface area contributed by atoms with Crippen LogP contribution in [-0.2, 0) is 4.79 Å². The molecule has 11 heteroatoms. The first-order valence-electron chi connectivity index (χ1n) is 6.68. The average molecular weight is 451 g/mol. The first-order valence-corrected chi connectivity index (χ1v) is 7.85. The molecule has 3 rings (SSSR count). The Morgan fingerprint density at radius 2 is 1.85 bits per heavy atom. The van der Waals surface area contributed by atoms with Crippen molar-refractivity contribution in [2.75, 3.05) is 0 Å². The van der Waals surface area contributed by atoms with E-state index in [0.717, 1.165) is 10.0 Å². The predicted octanol–water partition coefficient (Wildman–Crippen LogP) is 4.85. The standard InChI is InChI=1S/C13H7BrClN3O.C2HF3O2/c14-9-3-4-11(15)10(6-9)13-18-17-12(19-13)8-2-1-5-16-7-8;3-2(4,5)1(6)7/h1-7H;(H,6,7). The lowest BCUT2D eigenvalue weighted by Gasteiger charge is -1.99. The van der Waals surface area contributed by atoms with Crippen molar-refractivity contribution in [3.8, 4) is 22.9 Å². The number of carboxylic acids is 1. The topological polar surface area (TPSA) is 89.1 Å². The summed E-state index contributed by atoms with van der Waals surface area (Å²) >= 11 is 9.51. The third kappa shape index (κ3) is 5.27. The number of hydrogen-bond acceptors (Lipinski definition) is 5.